The van der Waals surface area contributed by atoms with Crippen molar-refractivity contribution in [3.8, 4) is 0 Å². The summed E-state index contributed by atoms with van der Waals surface area (Å²) < 4.78 is 0. The van der Waals surface area contributed by atoms with E-state index in [2.05, 4.69) is 5.32 Å². The van der Waals surface area contributed by atoms with Gasteiger partial charge in [0.1, 0.15) is 0 Å². The van der Waals surface area contributed by atoms with Gasteiger partial charge in [-0.25, -0.2) is 0 Å². The van der Waals surface area contributed by atoms with Crippen LogP contribution >= 0.6 is 34.5 Å². The third-order valence-electron chi connectivity index (χ3n) is 4.82. The number of hydrogen-bond acceptors (Lipinski definition) is 3. The van der Waals surface area contributed by atoms with Crippen molar-refractivity contribution in [1.29, 1.82) is 0 Å². The predicted molar refractivity (Wildman–Crippen MR) is 100 cm³/mol. The van der Waals surface area contributed by atoms with Gasteiger partial charge in [-0.3, -0.25) is 9.59 Å². The average Bonchev–Trinajstić information content (AvgIpc) is 3.08. The number of thiophene rings is 1. The lowest BCUT2D eigenvalue weighted by Crippen LogP contribution is -2.38. The first-order valence-electron chi connectivity index (χ1n) is 8.07. The molecular formula is C19H15Cl2NO2S. The molecule has 1 N–H and O–H groups in total. The summed E-state index contributed by atoms with van der Waals surface area (Å²) in [5.41, 5.74) is 2.25. The summed E-state index contributed by atoms with van der Waals surface area (Å²) in [5, 5.41) is 5.97. The molecule has 25 heavy (non-hydrogen) atoms. The van der Waals surface area contributed by atoms with Crippen LogP contribution in [0.4, 0.5) is 0 Å². The van der Waals surface area contributed by atoms with Crippen molar-refractivity contribution in [2.45, 2.75) is 31.1 Å². The zero-order chi connectivity index (χ0) is 17.6. The molecule has 1 aliphatic heterocycles. The summed E-state index contributed by atoms with van der Waals surface area (Å²) in [6.45, 7) is 0. The monoisotopic (exact) mass is 391 g/mol. The molecule has 0 spiro atoms. The maximum atomic E-state index is 12.9. The molecule has 0 saturated heterocycles. The van der Waals surface area contributed by atoms with Gasteiger partial charge in [-0.15, -0.1) is 11.3 Å². The molecule has 1 aliphatic carbocycles. The van der Waals surface area contributed by atoms with E-state index in [1.165, 1.54) is 4.88 Å². The number of rotatable bonds is 2. The number of carbonyl (C=O) groups excluding carboxylic acids is 2. The van der Waals surface area contributed by atoms with Crippen molar-refractivity contribution < 1.29 is 9.59 Å². The van der Waals surface area contributed by atoms with Crippen LogP contribution in [0.25, 0.3) is 0 Å². The fourth-order valence-electron chi connectivity index (χ4n) is 3.73. The highest BCUT2D eigenvalue weighted by Crippen LogP contribution is 2.44. The van der Waals surface area contributed by atoms with E-state index in [-0.39, 0.29) is 29.9 Å². The zero-order valence-electron chi connectivity index (χ0n) is 13.2. The fraction of sp³-hybridized carbons (Fsp3) is 0.263. The summed E-state index contributed by atoms with van der Waals surface area (Å²) in [7, 11) is 0. The van der Waals surface area contributed by atoms with Gasteiger partial charge in [-0.2, -0.15) is 0 Å². The van der Waals surface area contributed by atoms with Gasteiger partial charge >= 0.3 is 0 Å². The van der Waals surface area contributed by atoms with Crippen molar-refractivity contribution in [2.75, 3.05) is 0 Å². The maximum absolute atomic E-state index is 12.9. The van der Waals surface area contributed by atoms with E-state index < -0.39 is 0 Å². The minimum Gasteiger partial charge on any atom is -0.329 e. The lowest BCUT2D eigenvalue weighted by Gasteiger charge is -2.34. The molecule has 2 atom stereocenters. The Morgan fingerprint density at radius 1 is 1.08 bits per heavy atom. The Bertz CT molecular complexity index is 889. The lowest BCUT2D eigenvalue weighted by molar-refractivity contribution is -0.122. The topological polar surface area (TPSA) is 46.2 Å². The molecule has 2 aromatic rings. The van der Waals surface area contributed by atoms with E-state index in [0.29, 0.717) is 28.5 Å². The van der Waals surface area contributed by atoms with Gasteiger partial charge in [0.25, 0.3) is 0 Å². The second kappa shape index (κ2) is 6.60. The second-order valence-corrected chi connectivity index (χ2v) is 8.23. The first-order chi connectivity index (χ1) is 12.0. The Balaban J connectivity index is 1.76. The Labute approximate surface area is 159 Å². The molecule has 128 valence electrons. The van der Waals surface area contributed by atoms with E-state index in [4.69, 9.17) is 23.2 Å². The van der Waals surface area contributed by atoms with Crippen molar-refractivity contribution >= 4 is 46.2 Å². The van der Waals surface area contributed by atoms with Gasteiger partial charge in [-0.1, -0.05) is 35.3 Å². The van der Waals surface area contributed by atoms with Gasteiger partial charge in [0.2, 0.25) is 5.91 Å². The third-order valence-corrected chi connectivity index (χ3v) is 6.42. The van der Waals surface area contributed by atoms with E-state index in [1.54, 1.807) is 23.5 Å². The second-order valence-electron chi connectivity index (χ2n) is 6.41. The van der Waals surface area contributed by atoms with Crippen LogP contribution in [0.1, 0.15) is 41.5 Å². The number of allylic oxidation sites excluding steroid dienone is 2. The molecule has 1 amide bonds. The van der Waals surface area contributed by atoms with Crippen LogP contribution in [-0.4, -0.2) is 11.7 Å². The van der Waals surface area contributed by atoms with Gasteiger partial charge in [0, 0.05) is 50.9 Å². The van der Waals surface area contributed by atoms with Crippen molar-refractivity contribution in [1.82, 2.24) is 5.32 Å². The highest BCUT2D eigenvalue weighted by molar-refractivity contribution is 7.10. The van der Waals surface area contributed by atoms with Crippen LogP contribution in [0, 0.1) is 0 Å². The average molecular weight is 392 g/mol. The smallest absolute Gasteiger partial charge is 0.225 e. The number of ketones is 1. The number of amides is 1. The largest absolute Gasteiger partial charge is 0.329 e. The van der Waals surface area contributed by atoms with Crippen molar-refractivity contribution in [3.63, 3.8) is 0 Å². The summed E-state index contributed by atoms with van der Waals surface area (Å²) in [6.07, 6.45) is 1.38. The van der Waals surface area contributed by atoms with Crippen LogP contribution in [0.3, 0.4) is 0 Å². The van der Waals surface area contributed by atoms with Crippen LogP contribution in [0.5, 0.6) is 0 Å². The SMILES string of the molecule is O=C1CC(c2ccc(Cl)cc2Cl)C2=C(CC(c3cccs3)CC2=O)N1. The number of Topliss-reactive ketones (excluding diaryl/α,β-unsaturated/α-hetero) is 1. The first-order valence-corrected chi connectivity index (χ1v) is 9.71. The molecule has 0 saturated carbocycles. The van der Waals surface area contributed by atoms with Crippen LogP contribution in [0.15, 0.2) is 47.0 Å². The van der Waals surface area contributed by atoms with Crippen molar-refractivity contribution in [3.05, 3.63) is 67.5 Å². The fourth-order valence-corrected chi connectivity index (χ4v) is 5.11. The van der Waals surface area contributed by atoms with E-state index in [1.807, 2.05) is 23.6 Å². The summed E-state index contributed by atoms with van der Waals surface area (Å²) in [6, 6.07) is 9.26. The number of hydrogen-bond donors (Lipinski definition) is 1. The normalized spacial score (nSPS) is 23.4. The van der Waals surface area contributed by atoms with E-state index in [0.717, 1.165) is 11.3 Å². The maximum Gasteiger partial charge on any atom is 0.225 e. The number of halogens is 2. The predicted octanol–water partition coefficient (Wildman–Crippen LogP) is 5.06. The highest BCUT2D eigenvalue weighted by atomic mass is 35.5. The first kappa shape index (κ1) is 16.8. The van der Waals surface area contributed by atoms with Gasteiger partial charge in [0.15, 0.2) is 5.78 Å². The summed E-state index contributed by atoms with van der Waals surface area (Å²) in [4.78, 5) is 26.4. The lowest BCUT2D eigenvalue weighted by atomic mass is 9.74. The molecule has 1 aromatic heterocycles. The standard InChI is InChI=1S/C19H15Cl2NO2S/c20-11-3-4-12(14(21)8-11)13-9-18(24)22-15-6-10(7-16(23)19(13)15)17-2-1-5-25-17/h1-5,8,10,13H,6-7,9H2,(H,22,24). The van der Waals surface area contributed by atoms with Crippen LogP contribution in [-0.2, 0) is 9.59 Å². The van der Waals surface area contributed by atoms with Gasteiger partial charge in [-0.05, 0) is 35.6 Å². The zero-order valence-corrected chi connectivity index (χ0v) is 15.5. The molecule has 2 aliphatic rings. The minimum absolute atomic E-state index is 0.0746. The quantitative estimate of drug-likeness (QED) is 0.777. The third kappa shape index (κ3) is 3.14. The molecule has 4 rings (SSSR count). The molecule has 3 nitrogen and oxygen atoms in total. The molecule has 6 heteroatoms. The summed E-state index contributed by atoms with van der Waals surface area (Å²) in [5.74, 6) is -0.152. The van der Waals surface area contributed by atoms with Gasteiger partial charge < -0.3 is 5.32 Å². The van der Waals surface area contributed by atoms with E-state index >= 15 is 0 Å². The van der Waals surface area contributed by atoms with Crippen molar-refractivity contribution in [2.24, 2.45) is 0 Å². The molecular weight excluding hydrogens is 377 g/mol. The molecule has 0 radical (unpaired) electrons. The Morgan fingerprint density at radius 2 is 1.92 bits per heavy atom. The van der Waals surface area contributed by atoms with E-state index in [9.17, 15) is 9.59 Å². The molecule has 1 aromatic carbocycles. The van der Waals surface area contributed by atoms with Gasteiger partial charge in [0.05, 0.1) is 0 Å². The molecule has 2 heterocycles. The van der Waals surface area contributed by atoms with Crippen LogP contribution < -0.4 is 5.32 Å². The Morgan fingerprint density at radius 3 is 2.64 bits per heavy atom. The summed E-state index contributed by atoms with van der Waals surface area (Å²) >= 11 is 14.0. The minimum atomic E-state index is -0.301. The number of benzene rings is 1. The molecule has 0 fully saturated rings. The number of nitrogens with one attached hydrogen (secondary N) is 1. The molecule has 0 bridgehead atoms. The Hall–Kier alpha value is -1.62. The number of carbonyl (C=O) groups is 2. The highest BCUT2D eigenvalue weighted by Gasteiger charge is 2.39. The van der Waals surface area contributed by atoms with Crippen LogP contribution in [0.2, 0.25) is 10.0 Å². The Kier molecular flexibility index (Phi) is 4.44. The molecule has 2 unspecified atom stereocenters.